The topological polar surface area (TPSA) is 107 Å². The van der Waals surface area contributed by atoms with Crippen LogP contribution in [0.1, 0.15) is 35.7 Å². The molecule has 8 nitrogen and oxygen atoms in total. The number of ketones is 1. The van der Waals surface area contributed by atoms with E-state index in [-0.39, 0.29) is 48.7 Å². The van der Waals surface area contributed by atoms with Gasteiger partial charge in [-0.1, -0.05) is 0 Å². The Kier molecular flexibility index (Phi) is 8.78. The monoisotopic (exact) mass is 658 g/mol. The zero-order valence-corrected chi connectivity index (χ0v) is 27.4. The van der Waals surface area contributed by atoms with Crippen LogP contribution in [-0.2, 0) is 16.1 Å². The second kappa shape index (κ2) is 13.0. The minimum absolute atomic E-state index is 0.0588. The molecule has 0 bridgehead atoms. The number of para-hydroxylation sites is 1. The Balaban J connectivity index is 1.57. The van der Waals surface area contributed by atoms with Crippen molar-refractivity contribution in [3.05, 3.63) is 167 Å². The van der Waals surface area contributed by atoms with Gasteiger partial charge in [0, 0.05) is 0 Å². The molecule has 1 fully saturated rings. The molecular formula is C39H35N2O6P. The van der Waals surface area contributed by atoms with Crippen molar-refractivity contribution in [1.29, 1.82) is 0 Å². The van der Waals surface area contributed by atoms with Crippen molar-refractivity contribution in [2.75, 3.05) is 6.29 Å². The van der Waals surface area contributed by atoms with Gasteiger partial charge in [0.1, 0.15) is 0 Å². The van der Waals surface area contributed by atoms with Crippen molar-refractivity contribution in [3.63, 3.8) is 0 Å². The molecule has 1 saturated heterocycles. The predicted octanol–water partition coefficient (Wildman–Crippen LogP) is 6.98. The third kappa shape index (κ3) is 5.38. The third-order valence-corrected chi connectivity index (χ3v) is 15.6. The molecule has 1 aliphatic heterocycles. The standard InChI is InChI=1S/C39H35N2O6P/c1-39(26-36(42)30-16-6-2-7-17-30)27-37(43)40(39)29-48(32-19-8-3-9-20-32,33-21-10-4-11-22-33,34-23-12-5-13-24-34)38(44)47-28-31-18-14-15-25-35(31)41(45)46/h2-25H,26-29H2,1H3. The quantitative estimate of drug-likeness (QED) is 0.0471. The molecule has 242 valence electrons. The molecule has 9 heteroatoms. The molecule has 0 aliphatic carbocycles. The fourth-order valence-electron chi connectivity index (χ4n) is 6.92. The molecule has 6 rings (SSSR count). The molecule has 1 amide bonds. The van der Waals surface area contributed by atoms with Gasteiger partial charge < -0.3 is 0 Å². The number of amides is 1. The first-order valence-electron chi connectivity index (χ1n) is 15.7. The second-order valence-electron chi connectivity index (χ2n) is 12.4. The van der Waals surface area contributed by atoms with Gasteiger partial charge in [0.2, 0.25) is 0 Å². The Hall–Kier alpha value is -5.46. The molecule has 0 radical (unpaired) electrons. The molecule has 0 N–H and O–H groups in total. The first-order chi connectivity index (χ1) is 23.2. The fourth-order valence-corrected chi connectivity index (χ4v) is 13.0. The van der Waals surface area contributed by atoms with Gasteiger partial charge in [-0.25, -0.2) is 0 Å². The number of nitrogens with zero attached hydrogens (tertiary/aromatic N) is 2. The zero-order chi connectivity index (χ0) is 33.8. The van der Waals surface area contributed by atoms with Crippen LogP contribution in [0.15, 0.2) is 146 Å². The number of carbonyl (C=O) groups excluding carboxylic acids is 3. The average molecular weight is 659 g/mol. The van der Waals surface area contributed by atoms with E-state index >= 15 is 4.79 Å². The van der Waals surface area contributed by atoms with Crippen molar-refractivity contribution >= 4 is 45.6 Å². The van der Waals surface area contributed by atoms with Crippen LogP contribution in [0.4, 0.5) is 10.5 Å². The van der Waals surface area contributed by atoms with E-state index in [0.717, 1.165) is 0 Å². The Morgan fingerprint density at radius 2 is 1.21 bits per heavy atom. The van der Waals surface area contributed by atoms with Gasteiger partial charge in [-0.3, -0.25) is 0 Å². The number of Topliss-reactive ketones (excluding diaryl/α,β-unsaturated/α-hetero) is 1. The molecule has 5 aromatic rings. The van der Waals surface area contributed by atoms with Gasteiger partial charge in [-0.2, -0.15) is 0 Å². The number of hydrogen-bond acceptors (Lipinski definition) is 6. The number of ether oxygens (including phenoxy) is 1. The molecule has 48 heavy (non-hydrogen) atoms. The summed E-state index contributed by atoms with van der Waals surface area (Å²) >= 11 is 0. The van der Waals surface area contributed by atoms with Gasteiger partial charge >= 0.3 is 280 Å². The molecule has 1 heterocycles. The van der Waals surface area contributed by atoms with Crippen molar-refractivity contribution in [1.82, 2.24) is 4.90 Å². The summed E-state index contributed by atoms with van der Waals surface area (Å²) in [5, 5.41) is 13.9. The predicted molar refractivity (Wildman–Crippen MR) is 189 cm³/mol. The van der Waals surface area contributed by atoms with Crippen LogP contribution in [-0.4, -0.2) is 39.0 Å². The van der Waals surface area contributed by atoms with E-state index < -0.39 is 22.8 Å². The Morgan fingerprint density at radius 3 is 1.69 bits per heavy atom. The molecular weight excluding hydrogens is 623 g/mol. The number of rotatable bonds is 12. The number of likely N-dealkylation sites (tertiary alicyclic amines) is 1. The van der Waals surface area contributed by atoms with Gasteiger partial charge in [-0.05, 0) is 0 Å². The molecule has 0 saturated carbocycles. The number of nitro groups is 1. The number of hydrogen-bond donors (Lipinski definition) is 0. The summed E-state index contributed by atoms with van der Waals surface area (Å²) in [4.78, 5) is 56.0. The summed E-state index contributed by atoms with van der Waals surface area (Å²) < 4.78 is 6.28. The number of β-lactam (4-membered cyclic amide) rings is 1. The average Bonchev–Trinajstić information content (AvgIpc) is 3.13. The van der Waals surface area contributed by atoms with E-state index in [1.54, 1.807) is 47.4 Å². The normalized spacial score (nSPS) is 16.6. The van der Waals surface area contributed by atoms with Crippen LogP contribution >= 0.6 is 6.60 Å². The molecule has 1 atom stereocenters. The van der Waals surface area contributed by atoms with E-state index in [4.69, 9.17) is 4.74 Å². The zero-order valence-electron chi connectivity index (χ0n) is 26.5. The van der Waals surface area contributed by atoms with Crippen LogP contribution in [0.5, 0.6) is 0 Å². The number of benzene rings is 5. The summed E-state index contributed by atoms with van der Waals surface area (Å²) in [6, 6.07) is 43.2. The van der Waals surface area contributed by atoms with Gasteiger partial charge in [0.05, 0.1) is 0 Å². The van der Waals surface area contributed by atoms with Crippen LogP contribution < -0.4 is 15.9 Å². The Bertz CT molecular complexity index is 1870. The summed E-state index contributed by atoms with van der Waals surface area (Å²) in [6.45, 7) is -3.01. The van der Waals surface area contributed by atoms with Crippen molar-refractivity contribution in [3.8, 4) is 0 Å². The second-order valence-corrected chi connectivity index (χ2v) is 17.2. The van der Waals surface area contributed by atoms with E-state index in [0.29, 0.717) is 21.5 Å². The maximum atomic E-state index is 15.5. The molecule has 0 spiro atoms. The summed E-state index contributed by atoms with van der Waals surface area (Å²) in [5.41, 5.74) is -0.827. The minimum atomic E-state index is -4.55. The fraction of sp³-hybridized carbons (Fsp3) is 0.154. The molecule has 0 aromatic heterocycles. The summed E-state index contributed by atoms with van der Waals surface area (Å²) in [7, 11) is 0. The first-order valence-corrected chi connectivity index (χ1v) is 18.1. The summed E-state index contributed by atoms with van der Waals surface area (Å²) in [6.07, 6.45) is 0.150. The molecule has 5 aromatic carbocycles. The van der Waals surface area contributed by atoms with E-state index in [1.807, 2.05) is 104 Å². The SMILES string of the molecule is CC1(CC(=O)c2ccccc2)CC(=O)N1CP(C(=O)OCc1ccccc1[N+](=O)[O-])(c1ccccc1)(c1ccccc1)c1ccccc1. The molecule has 1 unspecified atom stereocenters. The molecule has 1 aliphatic rings. The maximum absolute atomic E-state index is 15.5. The van der Waals surface area contributed by atoms with Gasteiger partial charge in [-0.15, -0.1) is 0 Å². The number of carbonyl (C=O) groups is 3. The van der Waals surface area contributed by atoms with E-state index in [1.165, 1.54) is 6.07 Å². The van der Waals surface area contributed by atoms with Crippen LogP contribution in [0.3, 0.4) is 0 Å². The van der Waals surface area contributed by atoms with Gasteiger partial charge in [0.15, 0.2) is 0 Å². The van der Waals surface area contributed by atoms with Crippen molar-refractivity contribution in [2.45, 2.75) is 31.9 Å². The third-order valence-electron chi connectivity index (χ3n) is 9.47. The van der Waals surface area contributed by atoms with Crippen LogP contribution in [0, 0.1) is 10.1 Å². The van der Waals surface area contributed by atoms with Crippen molar-refractivity contribution in [2.24, 2.45) is 0 Å². The van der Waals surface area contributed by atoms with Gasteiger partial charge in [0.25, 0.3) is 0 Å². The Morgan fingerprint density at radius 1 is 0.750 bits per heavy atom. The Labute approximate surface area is 279 Å². The summed E-state index contributed by atoms with van der Waals surface area (Å²) in [5.74, 6) is -0.282. The van der Waals surface area contributed by atoms with Crippen LogP contribution in [0.25, 0.3) is 0 Å². The van der Waals surface area contributed by atoms with E-state index in [9.17, 15) is 19.7 Å². The number of nitro benzene ring substituents is 1. The van der Waals surface area contributed by atoms with Crippen molar-refractivity contribution < 1.29 is 24.0 Å². The first kappa shape index (κ1) is 32.5. The van der Waals surface area contributed by atoms with E-state index in [2.05, 4.69) is 0 Å². The van der Waals surface area contributed by atoms with Crippen LogP contribution in [0.2, 0.25) is 0 Å².